The number of nitrogens with zero attached hydrogens (tertiary/aromatic N) is 2. The van der Waals surface area contributed by atoms with Crippen molar-refractivity contribution in [2.75, 3.05) is 32.9 Å². The van der Waals surface area contributed by atoms with Crippen molar-refractivity contribution in [1.29, 1.82) is 5.26 Å². The molecule has 2 aliphatic rings. The lowest BCUT2D eigenvalue weighted by Gasteiger charge is -2.29. The van der Waals surface area contributed by atoms with Crippen LogP contribution in [-0.4, -0.2) is 62.0 Å². The molecule has 35 heavy (non-hydrogen) atoms. The van der Waals surface area contributed by atoms with Crippen LogP contribution in [0.15, 0.2) is 54.6 Å². The van der Waals surface area contributed by atoms with Crippen molar-refractivity contribution in [2.24, 2.45) is 5.92 Å². The van der Waals surface area contributed by atoms with Crippen LogP contribution in [0.4, 0.5) is 4.79 Å². The Morgan fingerprint density at radius 1 is 1.06 bits per heavy atom. The predicted molar refractivity (Wildman–Crippen MR) is 128 cm³/mol. The highest BCUT2D eigenvalue weighted by atomic mass is 16.6. The molecule has 0 saturated carbocycles. The molecular weight excluding hydrogens is 446 g/mol. The van der Waals surface area contributed by atoms with E-state index in [1.807, 2.05) is 42.5 Å². The van der Waals surface area contributed by atoms with Crippen molar-refractivity contribution < 1.29 is 23.8 Å². The number of amides is 2. The van der Waals surface area contributed by atoms with Crippen LogP contribution < -0.4 is 5.32 Å². The Labute approximate surface area is 205 Å². The van der Waals surface area contributed by atoms with Crippen molar-refractivity contribution in [3.8, 4) is 6.07 Å². The van der Waals surface area contributed by atoms with Gasteiger partial charge in [0.2, 0.25) is 0 Å². The van der Waals surface area contributed by atoms with Crippen molar-refractivity contribution in [3.63, 3.8) is 0 Å². The number of carbonyl (C=O) groups is 2. The third-order valence-electron chi connectivity index (χ3n) is 6.36. The predicted octanol–water partition coefficient (Wildman–Crippen LogP) is 2.85. The van der Waals surface area contributed by atoms with Gasteiger partial charge in [-0.05, 0) is 41.9 Å². The zero-order chi connectivity index (χ0) is 24.5. The van der Waals surface area contributed by atoms with E-state index in [2.05, 4.69) is 23.5 Å². The van der Waals surface area contributed by atoms with Crippen molar-refractivity contribution in [1.82, 2.24) is 10.2 Å². The summed E-state index contributed by atoms with van der Waals surface area (Å²) in [6, 6.07) is 19.0. The van der Waals surface area contributed by atoms with E-state index in [0.29, 0.717) is 39.3 Å². The Balaban J connectivity index is 1.36. The van der Waals surface area contributed by atoms with Crippen LogP contribution in [0.2, 0.25) is 0 Å². The highest BCUT2D eigenvalue weighted by molar-refractivity contribution is 5.84. The minimum Gasteiger partial charge on any atom is -0.436 e. The standard InChI is InChI=1S/C27H31N3O5/c28-17-24(19-34-18-20-6-2-1-3-7-20)29-26(31)25(35-27(32)30-10-12-33-13-11-30)16-21-14-22-8-4-5-9-23(22)15-21/h1-9,21,24-25H,10-16,18-19H2,(H,29,31). The maximum Gasteiger partial charge on any atom is 0.410 e. The van der Waals surface area contributed by atoms with E-state index in [9.17, 15) is 14.9 Å². The number of morpholine rings is 1. The average molecular weight is 478 g/mol. The zero-order valence-electron chi connectivity index (χ0n) is 19.7. The van der Waals surface area contributed by atoms with Crippen molar-refractivity contribution >= 4 is 12.0 Å². The van der Waals surface area contributed by atoms with Gasteiger partial charge in [-0.2, -0.15) is 5.26 Å². The lowest BCUT2D eigenvalue weighted by molar-refractivity contribution is -0.132. The quantitative estimate of drug-likeness (QED) is 0.596. The first-order chi connectivity index (χ1) is 17.1. The van der Waals surface area contributed by atoms with Crippen LogP contribution in [0.25, 0.3) is 0 Å². The molecule has 8 nitrogen and oxygen atoms in total. The van der Waals surface area contributed by atoms with E-state index in [1.165, 1.54) is 11.1 Å². The third kappa shape index (κ3) is 7.04. The molecule has 0 radical (unpaired) electrons. The maximum absolute atomic E-state index is 13.2. The zero-order valence-corrected chi connectivity index (χ0v) is 19.7. The summed E-state index contributed by atoms with van der Waals surface area (Å²) in [7, 11) is 0. The van der Waals surface area contributed by atoms with Gasteiger partial charge in [0, 0.05) is 13.1 Å². The molecule has 2 aromatic rings. The molecular formula is C27H31N3O5. The second-order valence-electron chi connectivity index (χ2n) is 8.94. The molecule has 8 heteroatoms. The fraction of sp³-hybridized carbons (Fsp3) is 0.444. The third-order valence-corrected chi connectivity index (χ3v) is 6.36. The van der Waals surface area contributed by atoms with Crippen molar-refractivity contribution in [3.05, 3.63) is 71.3 Å². The molecule has 4 rings (SSSR count). The fourth-order valence-corrected chi connectivity index (χ4v) is 4.51. The summed E-state index contributed by atoms with van der Waals surface area (Å²) in [5, 5.41) is 12.3. The van der Waals surface area contributed by atoms with Gasteiger partial charge in [0.15, 0.2) is 6.10 Å². The van der Waals surface area contributed by atoms with Crippen LogP contribution in [0.3, 0.4) is 0 Å². The first kappa shape index (κ1) is 24.7. The van der Waals surface area contributed by atoms with E-state index >= 15 is 0 Å². The largest absolute Gasteiger partial charge is 0.436 e. The molecule has 2 unspecified atom stereocenters. The summed E-state index contributed by atoms with van der Waals surface area (Å²) >= 11 is 0. The van der Waals surface area contributed by atoms with Gasteiger partial charge >= 0.3 is 6.09 Å². The second-order valence-corrected chi connectivity index (χ2v) is 8.94. The van der Waals surface area contributed by atoms with E-state index in [-0.39, 0.29) is 12.5 Å². The highest BCUT2D eigenvalue weighted by Gasteiger charge is 2.33. The first-order valence-electron chi connectivity index (χ1n) is 12.0. The van der Waals surface area contributed by atoms with E-state index in [4.69, 9.17) is 14.2 Å². The van der Waals surface area contributed by atoms with Gasteiger partial charge in [0.05, 0.1) is 32.5 Å². The molecule has 2 amide bonds. The van der Waals surface area contributed by atoms with E-state index in [1.54, 1.807) is 4.90 Å². The van der Waals surface area contributed by atoms with Gasteiger partial charge in [0.1, 0.15) is 6.04 Å². The van der Waals surface area contributed by atoms with Crippen LogP contribution in [-0.2, 0) is 38.5 Å². The van der Waals surface area contributed by atoms with Gasteiger partial charge < -0.3 is 24.4 Å². The number of benzene rings is 2. The van der Waals surface area contributed by atoms with Gasteiger partial charge in [-0.15, -0.1) is 0 Å². The van der Waals surface area contributed by atoms with Gasteiger partial charge in [-0.1, -0.05) is 54.6 Å². The summed E-state index contributed by atoms with van der Waals surface area (Å²) < 4.78 is 16.6. The second kappa shape index (κ2) is 12.3. The number of carbonyl (C=O) groups excluding carboxylic acids is 2. The average Bonchev–Trinajstić information content (AvgIpc) is 3.31. The number of nitriles is 1. The Morgan fingerprint density at radius 3 is 2.37 bits per heavy atom. The topological polar surface area (TPSA) is 101 Å². The van der Waals surface area contributed by atoms with Crippen molar-refractivity contribution in [2.45, 2.75) is 38.0 Å². The Morgan fingerprint density at radius 2 is 1.71 bits per heavy atom. The number of hydrogen-bond acceptors (Lipinski definition) is 6. The molecule has 2 atom stereocenters. The normalized spacial score (nSPS) is 17.2. The minimum absolute atomic E-state index is 0.0378. The molecule has 184 valence electrons. The summed E-state index contributed by atoms with van der Waals surface area (Å²) in [5.41, 5.74) is 3.51. The molecule has 1 saturated heterocycles. The summed E-state index contributed by atoms with van der Waals surface area (Å²) in [6.07, 6.45) is 0.528. The molecule has 0 aromatic heterocycles. The minimum atomic E-state index is -0.991. The number of nitrogens with one attached hydrogen (secondary N) is 1. The summed E-state index contributed by atoms with van der Waals surface area (Å²) in [5.74, 6) is -0.298. The molecule has 1 aliphatic heterocycles. The Kier molecular flexibility index (Phi) is 8.71. The SMILES string of the molecule is N#CC(COCc1ccccc1)NC(=O)C(CC1Cc2ccccc2C1)OC(=O)N1CCOCC1. The van der Waals surface area contributed by atoms with Crippen LogP contribution in [0, 0.1) is 17.2 Å². The molecule has 2 aromatic carbocycles. The lowest BCUT2D eigenvalue weighted by atomic mass is 9.97. The summed E-state index contributed by atoms with van der Waals surface area (Å²) in [4.78, 5) is 27.5. The monoisotopic (exact) mass is 477 g/mol. The number of fused-ring (bicyclic) bond motifs is 1. The van der Waals surface area contributed by atoms with Gasteiger partial charge in [-0.3, -0.25) is 4.79 Å². The van der Waals surface area contributed by atoms with Gasteiger partial charge in [0.25, 0.3) is 5.91 Å². The fourth-order valence-electron chi connectivity index (χ4n) is 4.51. The molecule has 1 N–H and O–H groups in total. The smallest absolute Gasteiger partial charge is 0.410 e. The van der Waals surface area contributed by atoms with Gasteiger partial charge in [-0.25, -0.2) is 4.79 Å². The molecule has 0 spiro atoms. The van der Waals surface area contributed by atoms with Crippen LogP contribution in [0.1, 0.15) is 23.1 Å². The van der Waals surface area contributed by atoms with E-state index in [0.717, 1.165) is 18.4 Å². The van der Waals surface area contributed by atoms with Crippen LogP contribution >= 0.6 is 0 Å². The van der Waals surface area contributed by atoms with Crippen LogP contribution in [0.5, 0.6) is 0 Å². The van der Waals surface area contributed by atoms with E-state index < -0.39 is 24.1 Å². The number of rotatable bonds is 9. The lowest BCUT2D eigenvalue weighted by Crippen LogP contribution is -2.48. The number of ether oxygens (including phenoxy) is 3. The Hall–Kier alpha value is -3.41. The highest BCUT2D eigenvalue weighted by Crippen LogP contribution is 2.30. The molecule has 1 heterocycles. The number of hydrogen-bond donors (Lipinski definition) is 1. The molecule has 1 fully saturated rings. The summed E-state index contributed by atoms with van der Waals surface area (Å²) in [6.45, 7) is 2.12. The Bertz CT molecular complexity index is 1010. The molecule has 1 aliphatic carbocycles. The maximum atomic E-state index is 13.2. The first-order valence-corrected chi connectivity index (χ1v) is 12.0. The molecule has 0 bridgehead atoms.